The highest BCUT2D eigenvalue weighted by atomic mass is 35.5. The van der Waals surface area contributed by atoms with Crippen LogP contribution >= 0.6 is 11.6 Å². The molecule has 0 fully saturated rings. The van der Waals surface area contributed by atoms with Crippen molar-refractivity contribution < 1.29 is 14.1 Å². The van der Waals surface area contributed by atoms with Crippen LogP contribution in [0.3, 0.4) is 0 Å². The molecule has 0 saturated heterocycles. The Bertz CT molecular complexity index is 728. The lowest BCUT2D eigenvalue weighted by atomic mass is 10.2. The van der Waals surface area contributed by atoms with Gasteiger partial charge in [-0.15, -0.1) is 0 Å². The number of halogens is 2. The molecule has 0 atom stereocenters. The number of ether oxygens (including phenoxy) is 1. The summed E-state index contributed by atoms with van der Waals surface area (Å²) < 4.78 is 18.3. The summed E-state index contributed by atoms with van der Waals surface area (Å²) in [7, 11) is 0. The second kappa shape index (κ2) is 5.55. The first-order valence-corrected chi connectivity index (χ1v) is 5.71. The van der Waals surface area contributed by atoms with E-state index in [0.717, 1.165) is 12.1 Å². The summed E-state index contributed by atoms with van der Waals surface area (Å²) in [5.41, 5.74) is -0.426. The molecule has 0 aliphatic carbocycles. The van der Waals surface area contributed by atoms with E-state index in [0.29, 0.717) is 0 Å². The molecule has 0 heterocycles. The first kappa shape index (κ1) is 13.8. The molecule has 0 unspecified atom stereocenters. The number of hydrogen-bond acceptors (Lipinski definition) is 4. The van der Waals surface area contributed by atoms with Gasteiger partial charge in [0, 0.05) is 6.07 Å². The highest BCUT2D eigenvalue weighted by molar-refractivity contribution is 6.32. The molecular formula is C13H6ClFN2O3. The lowest BCUT2D eigenvalue weighted by molar-refractivity contribution is -0.385. The Morgan fingerprint density at radius 3 is 2.75 bits per heavy atom. The standard InChI is InChI=1S/C13H6ClFN2O3/c14-10-2-1-3-11(17(18)19)13(10)20-12-5-4-9(15)6-8(12)7-16/h1-6H. The van der Waals surface area contributed by atoms with E-state index in [-0.39, 0.29) is 27.8 Å². The summed E-state index contributed by atoms with van der Waals surface area (Å²) in [6.07, 6.45) is 0. The normalized spacial score (nSPS) is 9.85. The maximum Gasteiger partial charge on any atom is 0.313 e. The maximum atomic E-state index is 13.0. The van der Waals surface area contributed by atoms with E-state index < -0.39 is 10.7 Å². The minimum Gasteiger partial charge on any atom is -0.447 e. The van der Waals surface area contributed by atoms with Gasteiger partial charge in [0.25, 0.3) is 0 Å². The molecule has 0 aliphatic heterocycles. The number of para-hydroxylation sites is 1. The van der Waals surface area contributed by atoms with Crippen LogP contribution in [0.25, 0.3) is 0 Å². The Labute approximate surface area is 117 Å². The summed E-state index contributed by atoms with van der Waals surface area (Å²) in [5, 5.41) is 19.8. The van der Waals surface area contributed by atoms with Gasteiger partial charge in [-0.1, -0.05) is 17.7 Å². The molecule has 0 aliphatic rings. The number of nitriles is 1. The Kier molecular flexibility index (Phi) is 3.82. The lowest BCUT2D eigenvalue weighted by Crippen LogP contribution is -1.96. The van der Waals surface area contributed by atoms with Gasteiger partial charge < -0.3 is 4.74 Å². The van der Waals surface area contributed by atoms with Crippen molar-refractivity contribution >= 4 is 17.3 Å². The number of rotatable bonds is 3. The number of nitro benzene ring substituents is 1. The molecule has 5 nitrogen and oxygen atoms in total. The van der Waals surface area contributed by atoms with Gasteiger partial charge in [0.1, 0.15) is 17.6 Å². The van der Waals surface area contributed by atoms with Crippen molar-refractivity contribution in [1.29, 1.82) is 5.26 Å². The largest absolute Gasteiger partial charge is 0.447 e. The quantitative estimate of drug-likeness (QED) is 0.631. The third-order valence-electron chi connectivity index (χ3n) is 2.42. The molecule has 0 saturated carbocycles. The van der Waals surface area contributed by atoms with Crippen LogP contribution in [0, 0.1) is 27.3 Å². The summed E-state index contributed by atoms with van der Waals surface area (Å²) in [5.74, 6) is -0.810. The molecule has 0 bridgehead atoms. The molecule has 2 aromatic rings. The Balaban J connectivity index is 2.51. The van der Waals surface area contributed by atoms with Gasteiger partial charge in [-0.05, 0) is 24.3 Å². The van der Waals surface area contributed by atoms with E-state index >= 15 is 0 Å². The third-order valence-corrected chi connectivity index (χ3v) is 2.71. The van der Waals surface area contributed by atoms with Crippen LogP contribution in [0.2, 0.25) is 5.02 Å². The predicted octanol–water partition coefficient (Wildman–Crippen LogP) is 4.05. The van der Waals surface area contributed by atoms with Crippen LogP contribution in [-0.2, 0) is 0 Å². The van der Waals surface area contributed by atoms with E-state index in [9.17, 15) is 14.5 Å². The predicted molar refractivity (Wildman–Crippen MR) is 69.3 cm³/mol. The molecule has 0 aromatic heterocycles. The summed E-state index contributed by atoms with van der Waals surface area (Å²) in [6, 6.07) is 9.05. The molecule has 0 spiro atoms. The Morgan fingerprint density at radius 2 is 2.10 bits per heavy atom. The maximum absolute atomic E-state index is 13.0. The molecule has 0 amide bonds. The van der Waals surface area contributed by atoms with Gasteiger partial charge in [0.2, 0.25) is 5.75 Å². The zero-order valence-corrected chi connectivity index (χ0v) is 10.6. The average molecular weight is 293 g/mol. The fourth-order valence-electron chi connectivity index (χ4n) is 1.53. The van der Waals surface area contributed by atoms with Gasteiger partial charge in [0.15, 0.2) is 0 Å². The topological polar surface area (TPSA) is 76.2 Å². The van der Waals surface area contributed by atoms with E-state index in [1.165, 1.54) is 24.3 Å². The van der Waals surface area contributed by atoms with Crippen molar-refractivity contribution in [1.82, 2.24) is 0 Å². The van der Waals surface area contributed by atoms with Crippen LogP contribution in [0.4, 0.5) is 10.1 Å². The number of nitro groups is 1. The summed E-state index contributed by atoms with van der Waals surface area (Å²) in [4.78, 5) is 10.3. The molecular weight excluding hydrogens is 287 g/mol. The van der Waals surface area contributed by atoms with Gasteiger partial charge in [-0.25, -0.2) is 4.39 Å². The fraction of sp³-hybridized carbons (Fsp3) is 0. The van der Waals surface area contributed by atoms with Crippen LogP contribution in [0.5, 0.6) is 11.5 Å². The molecule has 2 aromatic carbocycles. The van der Waals surface area contributed by atoms with E-state index in [1.54, 1.807) is 6.07 Å². The van der Waals surface area contributed by atoms with E-state index in [4.69, 9.17) is 21.6 Å². The third kappa shape index (κ3) is 2.68. The van der Waals surface area contributed by atoms with E-state index in [2.05, 4.69) is 0 Å². The number of benzene rings is 2. The minimum atomic E-state index is -0.656. The van der Waals surface area contributed by atoms with Crippen LogP contribution in [-0.4, -0.2) is 4.92 Å². The van der Waals surface area contributed by atoms with Gasteiger partial charge in [-0.3, -0.25) is 10.1 Å². The average Bonchev–Trinajstić information content (AvgIpc) is 2.42. The zero-order chi connectivity index (χ0) is 14.7. The van der Waals surface area contributed by atoms with Crippen LogP contribution in [0.15, 0.2) is 36.4 Å². The molecule has 7 heteroatoms. The Hall–Kier alpha value is -2.65. The fourth-order valence-corrected chi connectivity index (χ4v) is 1.74. The van der Waals surface area contributed by atoms with Crippen molar-refractivity contribution in [2.45, 2.75) is 0 Å². The second-order valence-corrected chi connectivity index (χ2v) is 4.11. The van der Waals surface area contributed by atoms with E-state index in [1.807, 2.05) is 0 Å². The van der Waals surface area contributed by atoms with Crippen LogP contribution in [0.1, 0.15) is 5.56 Å². The summed E-state index contributed by atoms with van der Waals surface area (Å²) in [6.45, 7) is 0. The number of nitrogens with zero attached hydrogens (tertiary/aromatic N) is 2. The molecule has 0 N–H and O–H groups in total. The second-order valence-electron chi connectivity index (χ2n) is 3.70. The Morgan fingerprint density at radius 1 is 1.35 bits per heavy atom. The lowest BCUT2D eigenvalue weighted by Gasteiger charge is -2.09. The van der Waals surface area contributed by atoms with Crippen molar-refractivity contribution in [2.75, 3.05) is 0 Å². The first-order chi connectivity index (χ1) is 9.52. The van der Waals surface area contributed by atoms with Crippen LogP contribution < -0.4 is 4.74 Å². The van der Waals surface area contributed by atoms with Crippen molar-refractivity contribution in [3.05, 3.63) is 62.9 Å². The van der Waals surface area contributed by atoms with Crippen molar-refractivity contribution in [2.24, 2.45) is 0 Å². The number of hydrogen-bond donors (Lipinski definition) is 0. The van der Waals surface area contributed by atoms with Gasteiger partial charge >= 0.3 is 5.69 Å². The van der Waals surface area contributed by atoms with Gasteiger partial charge in [-0.2, -0.15) is 5.26 Å². The molecule has 100 valence electrons. The molecule has 20 heavy (non-hydrogen) atoms. The van der Waals surface area contributed by atoms with Gasteiger partial charge in [0.05, 0.1) is 15.5 Å². The monoisotopic (exact) mass is 292 g/mol. The highest BCUT2D eigenvalue weighted by Gasteiger charge is 2.20. The zero-order valence-electron chi connectivity index (χ0n) is 9.84. The van der Waals surface area contributed by atoms with Crippen molar-refractivity contribution in [3.8, 4) is 17.6 Å². The SMILES string of the molecule is N#Cc1cc(F)ccc1Oc1c(Cl)cccc1[N+](=O)[O-]. The highest BCUT2D eigenvalue weighted by Crippen LogP contribution is 2.38. The smallest absolute Gasteiger partial charge is 0.313 e. The summed E-state index contributed by atoms with van der Waals surface area (Å²) >= 11 is 5.86. The molecule has 2 rings (SSSR count). The van der Waals surface area contributed by atoms with Crippen molar-refractivity contribution in [3.63, 3.8) is 0 Å². The molecule has 0 radical (unpaired) electrons. The minimum absolute atomic E-state index is 0.00917. The first-order valence-electron chi connectivity index (χ1n) is 5.33.